The Morgan fingerprint density at radius 1 is 1.16 bits per heavy atom. The average molecular weight is 368 g/mol. The first kappa shape index (κ1) is 17.7. The van der Waals surface area contributed by atoms with E-state index in [4.69, 9.17) is 0 Å². The zero-order valence-electron chi connectivity index (χ0n) is 13.5. The van der Waals surface area contributed by atoms with Gasteiger partial charge in [0.2, 0.25) is 16.0 Å². The highest BCUT2D eigenvalue weighted by Gasteiger charge is 2.17. The number of nitrogens with zero attached hydrogens (tertiary/aromatic N) is 3. The summed E-state index contributed by atoms with van der Waals surface area (Å²) in [4.78, 5) is 10.6. The van der Waals surface area contributed by atoms with Crippen molar-refractivity contribution in [3.8, 4) is 0 Å². The number of hydrogen-bond donors (Lipinski definition) is 1. The Morgan fingerprint density at radius 2 is 1.92 bits per heavy atom. The maximum absolute atomic E-state index is 13.6. The number of benzene rings is 1. The van der Waals surface area contributed by atoms with Crippen LogP contribution in [0.2, 0.25) is 0 Å². The number of anilines is 1. The van der Waals surface area contributed by atoms with Gasteiger partial charge in [0, 0.05) is 24.8 Å². The van der Waals surface area contributed by atoms with Crippen LogP contribution in [0.4, 0.5) is 14.7 Å². The minimum Gasteiger partial charge on any atom is -0.341 e. The van der Waals surface area contributed by atoms with Gasteiger partial charge in [-0.3, -0.25) is 0 Å². The molecular weight excluding hydrogens is 350 g/mol. The summed E-state index contributed by atoms with van der Waals surface area (Å²) in [5.74, 6) is -1.51. The second-order valence-corrected chi connectivity index (χ2v) is 7.66. The zero-order valence-corrected chi connectivity index (χ0v) is 14.3. The van der Waals surface area contributed by atoms with Gasteiger partial charge in [-0.2, -0.15) is 0 Å². The Bertz CT molecular complexity index is 855. The maximum Gasteiger partial charge on any atom is 0.225 e. The third kappa shape index (κ3) is 4.70. The largest absolute Gasteiger partial charge is 0.341 e. The van der Waals surface area contributed by atoms with Crippen LogP contribution in [0.15, 0.2) is 30.5 Å². The summed E-state index contributed by atoms with van der Waals surface area (Å²) in [7, 11) is -3.83. The van der Waals surface area contributed by atoms with E-state index < -0.39 is 27.4 Å². The molecule has 0 atom stereocenters. The fourth-order valence-electron chi connectivity index (χ4n) is 2.65. The van der Waals surface area contributed by atoms with E-state index in [-0.39, 0.29) is 12.1 Å². The molecule has 2 heterocycles. The van der Waals surface area contributed by atoms with Gasteiger partial charge in [0.15, 0.2) is 0 Å². The first-order valence-corrected chi connectivity index (χ1v) is 9.56. The van der Waals surface area contributed by atoms with Crippen LogP contribution in [0.1, 0.15) is 24.1 Å². The van der Waals surface area contributed by atoms with Gasteiger partial charge in [-0.15, -0.1) is 0 Å². The van der Waals surface area contributed by atoms with Crippen molar-refractivity contribution in [2.75, 3.05) is 18.0 Å². The molecule has 1 aliphatic rings. The van der Waals surface area contributed by atoms with Crippen molar-refractivity contribution >= 4 is 16.0 Å². The SMILES string of the molecule is O=S(=O)(Cc1cc(F)ccc1F)NCc1ccnc(N2CCCC2)n1. The second-order valence-electron chi connectivity index (χ2n) is 5.86. The van der Waals surface area contributed by atoms with Crippen LogP contribution in [0.25, 0.3) is 0 Å². The molecule has 0 bridgehead atoms. The summed E-state index contributed by atoms with van der Waals surface area (Å²) >= 11 is 0. The molecule has 9 heteroatoms. The average Bonchev–Trinajstić information content (AvgIpc) is 3.11. The van der Waals surface area contributed by atoms with Gasteiger partial charge in [-0.25, -0.2) is 31.9 Å². The molecule has 0 saturated carbocycles. The Balaban J connectivity index is 1.66. The van der Waals surface area contributed by atoms with E-state index >= 15 is 0 Å². The molecule has 0 amide bonds. The molecule has 6 nitrogen and oxygen atoms in total. The van der Waals surface area contributed by atoms with Crippen molar-refractivity contribution in [1.29, 1.82) is 0 Å². The molecule has 0 aliphatic carbocycles. The summed E-state index contributed by atoms with van der Waals surface area (Å²) in [5.41, 5.74) is 0.299. The zero-order chi connectivity index (χ0) is 17.9. The first-order valence-electron chi connectivity index (χ1n) is 7.91. The molecule has 3 rings (SSSR count). The quantitative estimate of drug-likeness (QED) is 0.844. The summed E-state index contributed by atoms with van der Waals surface area (Å²) in [6.07, 6.45) is 3.75. The van der Waals surface area contributed by atoms with E-state index in [0.717, 1.165) is 44.1 Å². The summed E-state index contributed by atoms with van der Waals surface area (Å²) in [6.45, 7) is 1.73. The minimum absolute atomic E-state index is 0.0391. The minimum atomic E-state index is -3.83. The smallest absolute Gasteiger partial charge is 0.225 e. The second kappa shape index (κ2) is 7.40. The predicted octanol–water partition coefficient (Wildman–Crippen LogP) is 1.97. The van der Waals surface area contributed by atoms with Crippen LogP contribution in [0.5, 0.6) is 0 Å². The van der Waals surface area contributed by atoms with Gasteiger partial charge in [0.25, 0.3) is 0 Å². The van der Waals surface area contributed by atoms with Crippen LogP contribution in [0, 0.1) is 11.6 Å². The fraction of sp³-hybridized carbons (Fsp3) is 0.375. The number of halogens is 2. The van der Waals surface area contributed by atoms with Crippen LogP contribution in [-0.4, -0.2) is 31.5 Å². The van der Waals surface area contributed by atoms with Gasteiger partial charge in [0.1, 0.15) is 11.6 Å². The van der Waals surface area contributed by atoms with Crippen molar-refractivity contribution in [2.45, 2.75) is 25.1 Å². The summed E-state index contributed by atoms with van der Waals surface area (Å²) < 4.78 is 53.4. The van der Waals surface area contributed by atoms with E-state index in [9.17, 15) is 17.2 Å². The number of sulfonamides is 1. The standard InChI is InChI=1S/C16H18F2N4O2S/c17-13-3-4-15(18)12(9-13)11-25(23,24)20-10-14-5-6-19-16(21-14)22-7-1-2-8-22/h3-6,9,20H,1-2,7-8,10-11H2. The van der Waals surface area contributed by atoms with Gasteiger partial charge < -0.3 is 4.90 Å². The summed E-state index contributed by atoms with van der Waals surface area (Å²) in [5, 5.41) is 0. The van der Waals surface area contributed by atoms with Crippen LogP contribution in [-0.2, 0) is 22.3 Å². The third-order valence-corrected chi connectivity index (χ3v) is 5.19. The number of aromatic nitrogens is 2. The normalized spacial score (nSPS) is 14.9. The highest BCUT2D eigenvalue weighted by Crippen LogP contribution is 2.16. The van der Waals surface area contributed by atoms with Crippen molar-refractivity contribution < 1.29 is 17.2 Å². The maximum atomic E-state index is 13.6. The number of nitrogens with one attached hydrogen (secondary N) is 1. The highest BCUT2D eigenvalue weighted by atomic mass is 32.2. The monoisotopic (exact) mass is 368 g/mol. The Kier molecular flexibility index (Phi) is 5.24. The van der Waals surface area contributed by atoms with Gasteiger partial charge in [0.05, 0.1) is 18.0 Å². The van der Waals surface area contributed by atoms with E-state index in [1.54, 1.807) is 12.3 Å². The number of hydrogen-bond acceptors (Lipinski definition) is 5. The van der Waals surface area contributed by atoms with Crippen LogP contribution < -0.4 is 9.62 Å². The first-order chi connectivity index (χ1) is 11.9. The molecule has 0 unspecified atom stereocenters. The Hall–Kier alpha value is -2.13. The molecule has 134 valence electrons. The van der Waals surface area contributed by atoms with Gasteiger partial charge >= 0.3 is 0 Å². The molecule has 0 radical (unpaired) electrons. The van der Waals surface area contributed by atoms with Crippen molar-refractivity contribution in [2.24, 2.45) is 0 Å². The molecule has 1 saturated heterocycles. The van der Waals surface area contributed by atoms with Crippen molar-refractivity contribution in [3.63, 3.8) is 0 Å². The molecule has 1 N–H and O–H groups in total. The Labute approximate surface area is 145 Å². The number of rotatable bonds is 6. The molecule has 0 spiro atoms. The highest BCUT2D eigenvalue weighted by molar-refractivity contribution is 7.88. The van der Waals surface area contributed by atoms with Crippen LogP contribution >= 0.6 is 0 Å². The molecule has 1 aliphatic heterocycles. The lowest BCUT2D eigenvalue weighted by Crippen LogP contribution is -2.26. The van der Waals surface area contributed by atoms with Crippen molar-refractivity contribution in [1.82, 2.24) is 14.7 Å². The molecule has 1 fully saturated rings. The summed E-state index contributed by atoms with van der Waals surface area (Å²) in [6, 6.07) is 4.35. The van der Waals surface area contributed by atoms with E-state index in [2.05, 4.69) is 14.7 Å². The van der Waals surface area contributed by atoms with Gasteiger partial charge in [-0.05, 0) is 37.1 Å². The van der Waals surface area contributed by atoms with Crippen molar-refractivity contribution in [3.05, 3.63) is 53.4 Å². The lowest BCUT2D eigenvalue weighted by Gasteiger charge is -2.15. The predicted molar refractivity (Wildman–Crippen MR) is 89.3 cm³/mol. The fourth-order valence-corrected chi connectivity index (χ4v) is 3.75. The molecule has 2 aromatic rings. The molecular formula is C16H18F2N4O2S. The topological polar surface area (TPSA) is 75.2 Å². The van der Waals surface area contributed by atoms with E-state index in [1.165, 1.54) is 0 Å². The van der Waals surface area contributed by atoms with Gasteiger partial charge in [-0.1, -0.05) is 0 Å². The van der Waals surface area contributed by atoms with Crippen LogP contribution in [0.3, 0.4) is 0 Å². The Morgan fingerprint density at radius 3 is 2.68 bits per heavy atom. The van der Waals surface area contributed by atoms with E-state index in [0.29, 0.717) is 11.6 Å². The lowest BCUT2D eigenvalue weighted by atomic mass is 10.2. The molecule has 1 aromatic carbocycles. The molecule has 25 heavy (non-hydrogen) atoms. The lowest BCUT2D eigenvalue weighted by molar-refractivity contribution is 0.569. The third-order valence-electron chi connectivity index (χ3n) is 3.92. The molecule has 1 aromatic heterocycles. The van der Waals surface area contributed by atoms with E-state index in [1.807, 2.05) is 4.90 Å².